The highest BCUT2D eigenvalue weighted by molar-refractivity contribution is 5.82. The summed E-state index contributed by atoms with van der Waals surface area (Å²) in [4.78, 5) is 11.9. The van der Waals surface area contributed by atoms with Crippen molar-refractivity contribution in [1.82, 2.24) is 10.6 Å². The number of carbonyl (C=O) groups is 1. The minimum Gasteiger partial charge on any atom is -0.383 e. The molecule has 1 aromatic carbocycles. The molecular formula is C15H22N2O2. The van der Waals surface area contributed by atoms with Crippen molar-refractivity contribution in [3.05, 3.63) is 35.9 Å². The fraction of sp³-hybridized carbons (Fsp3) is 0.533. The maximum Gasteiger partial charge on any atom is 0.223 e. The van der Waals surface area contributed by atoms with E-state index in [1.54, 1.807) is 7.11 Å². The summed E-state index contributed by atoms with van der Waals surface area (Å²) >= 11 is 0. The van der Waals surface area contributed by atoms with Crippen LogP contribution in [0.3, 0.4) is 0 Å². The van der Waals surface area contributed by atoms with E-state index >= 15 is 0 Å². The van der Waals surface area contributed by atoms with E-state index in [1.165, 1.54) is 5.56 Å². The molecule has 104 valence electrons. The van der Waals surface area contributed by atoms with Crippen molar-refractivity contribution in [2.24, 2.45) is 5.92 Å². The van der Waals surface area contributed by atoms with Crippen LogP contribution in [-0.4, -0.2) is 39.3 Å². The van der Waals surface area contributed by atoms with Crippen molar-refractivity contribution < 1.29 is 9.53 Å². The second kappa shape index (κ2) is 7.26. The van der Waals surface area contributed by atoms with E-state index < -0.39 is 0 Å². The zero-order valence-corrected chi connectivity index (χ0v) is 11.4. The molecule has 0 spiro atoms. The largest absolute Gasteiger partial charge is 0.383 e. The monoisotopic (exact) mass is 262 g/mol. The molecule has 0 radical (unpaired) electrons. The summed E-state index contributed by atoms with van der Waals surface area (Å²) in [6.07, 6.45) is 0.979. The topological polar surface area (TPSA) is 50.4 Å². The van der Waals surface area contributed by atoms with Crippen molar-refractivity contribution in [2.75, 3.05) is 33.4 Å². The van der Waals surface area contributed by atoms with Crippen molar-refractivity contribution in [3.8, 4) is 0 Å². The number of nitrogens with one attached hydrogen (secondary N) is 2. The van der Waals surface area contributed by atoms with E-state index in [0.717, 1.165) is 19.5 Å². The maximum atomic E-state index is 11.9. The third kappa shape index (κ3) is 4.33. The lowest BCUT2D eigenvalue weighted by molar-refractivity contribution is -0.122. The molecular weight excluding hydrogens is 240 g/mol. The smallest absolute Gasteiger partial charge is 0.223 e. The Labute approximate surface area is 114 Å². The summed E-state index contributed by atoms with van der Waals surface area (Å²) in [6, 6.07) is 10.3. The first kappa shape index (κ1) is 14.0. The van der Waals surface area contributed by atoms with Gasteiger partial charge < -0.3 is 15.4 Å². The molecule has 0 heterocycles. The van der Waals surface area contributed by atoms with Gasteiger partial charge in [0.1, 0.15) is 0 Å². The highest BCUT2D eigenvalue weighted by Crippen LogP contribution is 2.47. The fourth-order valence-corrected chi connectivity index (χ4v) is 2.26. The molecule has 0 aliphatic heterocycles. The number of amides is 1. The van der Waals surface area contributed by atoms with Crippen LogP contribution < -0.4 is 10.6 Å². The molecule has 0 bridgehead atoms. The first-order chi connectivity index (χ1) is 9.33. The Hall–Kier alpha value is -1.39. The summed E-state index contributed by atoms with van der Waals surface area (Å²) in [5.74, 6) is 0.770. The SMILES string of the molecule is COCCNCCNC(=O)C1CC1c1ccccc1. The molecule has 0 aromatic heterocycles. The van der Waals surface area contributed by atoms with Crippen LogP contribution in [0.2, 0.25) is 0 Å². The van der Waals surface area contributed by atoms with Gasteiger partial charge in [-0.3, -0.25) is 4.79 Å². The van der Waals surface area contributed by atoms with E-state index in [-0.39, 0.29) is 11.8 Å². The Morgan fingerprint density at radius 2 is 2.05 bits per heavy atom. The summed E-state index contributed by atoms with van der Waals surface area (Å²) in [6.45, 7) is 2.99. The third-order valence-corrected chi connectivity index (χ3v) is 3.44. The van der Waals surface area contributed by atoms with Crippen LogP contribution in [0, 0.1) is 5.92 Å². The van der Waals surface area contributed by atoms with E-state index in [0.29, 0.717) is 19.1 Å². The Morgan fingerprint density at radius 3 is 2.79 bits per heavy atom. The zero-order chi connectivity index (χ0) is 13.5. The van der Waals surface area contributed by atoms with E-state index in [2.05, 4.69) is 22.8 Å². The second-order valence-electron chi connectivity index (χ2n) is 4.89. The highest BCUT2D eigenvalue weighted by atomic mass is 16.5. The first-order valence-corrected chi connectivity index (χ1v) is 6.85. The summed E-state index contributed by atoms with van der Waals surface area (Å²) in [5.41, 5.74) is 1.28. The Bertz CT molecular complexity index is 394. The Morgan fingerprint density at radius 1 is 1.26 bits per heavy atom. The number of ether oxygens (including phenoxy) is 1. The molecule has 1 aliphatic rings. The molecule has 2 rings (SSSR count). The number of carbonyl (C=O) groups excluding carboxylic acids is 1. The summed E-state index contributed by atoms with van der Waals surface area (Å²) < 4.78 is 4.93. The maximum absolute atomic E-state index is 11.9. The van der Waals surface area contributed by atoms with Crippen LogP contribution in [0.4, 0.5) is 0 Å². The van der Waals surface area contributed by atoms with Crippen LogP contribution in [0.5, 0.6) is 0 Å². The van der Waals surface area contributed by atoms with Crippen LogP contribution in [0.1, 0.15) is 17.9 Å². The number of hydrogen-bond acceptors (Lipinski definition) is 3. The molecule has 1 amide bonds. The van der Waals surface area contributed by atoms with Crippen molar-refractivity contribution in [1.29, 1.82) is 0 Å². The third-order valence-electron chi connectivity index (χ3n) is 3.44. The molecule has 19 heavy (non-hydrogen) atoms. The molecule has 2 unspecified atom stereocenters. The minimum absolute atomic E-state index is 0.168. The van der Waals surface area contributed by atoms with Gasteiger partial charge in [-0.05, 0) is 17.9 Å². The van der Waals surface area contributed by atoms with Gasteiger partial charge in [0.05, 0.1) is 6.61 Å². The molecule has 1 aliphatic carbocycles. The predicted octanol–water partition coefficient (Wildman–Crippen LogP) is 1.14. The number of rotatable bonds is 8. The average molecular weight is 262 g/mol. The van der Waals surface area contributed by atoms with Crippen LogP contribution in [-0.2, 0) is 9.53 Å². The molecule has 1 fully saturated rings. The number of benzene rings is 1. The van der Waals surface area contributed by atoms with Crippen molar-refractivity contribution >= 4 is 5.91 Å². The van der Waals surface area contributed by atoms with Gasteiger partial charge in [-0.15, -0.1) is 0 Å². The lowest BCUT2D eigenvalue weighted by atomic mass is 10.1. The van der Waals surface area contributed by atoms with Gasteiger partial charge in [-0.25, -0.2) is 0 Å². The molecule has 1 saturated carbocycles. The van der Waals surface area contributed by atoms with E-state index in [4.69, 9.17) is 4.74 Å². The van der Waals surface area contributed by atoms with Gasteiger partial charge in [0.15, 0.2) is 0 Å². The number of methoxy groups -OCH3 is 1. The molecule has 1 aromatic rings. The zero-order valence-electron chi connectivity index (χ0n) is 11.4. The second-order valence-corrected chi connectivity index (χ2v) is 4.89. The summed E-state index contributed by atoms with van der Waals surface area (Å²) in [5, 5.41) is 6.18. The molecule has 0 saturated heterocycles. The van der Waals surface area contributed by atoms with Gasteiger partial charge in [0.25, 0.3) is 0 Å². The van der Waals surface area contributed by atoms with Crippen molar-refractivity contribution in [3.63, 3.8) is 0 Å². The summed E-state index contributed by atoms with van der Waals surface area (Å²) in [7, 11) is 1.68. The standard InChI is InChI=1S/C15H22N2O2/c1-19-10-9-16-7-8-17-15(18)14-11-13(14)12-5-3-2-4-6-12/h2-6,13-14,16H,7-11H2,1H3,(H,17,18). The first-order valence-electron chi connectivity index (χ1n) is 6.85. The molecule has 2 N–H and O–H groups in total. The van der Waals surface area contributed by atoms with E-state index in [1.807, 2.05) is 18.2 Å². The van der Waals surface area contributed by atoms with Crippen LogP contribution in [0.25, 0.3) is 0 Å². The number of hydrogen-bond donors (Lipinski definition) is 2. The Balaban J connectivity index is 1.61. The van der Waals surface area contributed by atoms with Gasteiger partial charge in [-0.2, -0.15) is 0 Å². The molecule has 4 nitrogen and oxygen atoms in total. The fourth-order valence-electron chi connectivity index (χ4n) is 2.26. The van der Waals surface area contributed by atoms with E-state index in [9.17, 15) is 4.79 Å². The molecule has 2 atom stereocenters. The molecule has 4 heteroatoms. The lowest BCUT2D eigenvalue weighted by Gasteiger charge is -2.06. The minimum atomic E-state index is 0.168. The van der Waals surface area contributed by atoms with Gasteiger partial charge in [0, 0.05) is 32.7 Å². The van der Waals surface area contributed by atoms with Gasteiger partial charge >= 0.3 is 0 Å². The Kier molecular flexibility index (Phi) is 5.36. The average Bonchev–Trinajstić information content (AvgIpc) is 3.24. The van der Waals surface area contributed by atoms with Crippen molar-refractivity contribution in [2.45, 2.75) is 12.3 Å². The van der Waals surface area contributed by atoms with Gasteiger partial charge in [-0.1, -0.05) is 30.3 Å². The lowest BCUT2D eigenvalue weighted by Crippen LogP contribution is -2.34. The van der Waals surface area contributed by atoms with Crippen LogP contribution >= 0.6 is 0 Å². The quantitative estimate of drug-likeness (QED) is 0.691. The van der Waals surface area contributed by atoms with Gasteiger partial charge in [0.2, 0.25) is 5.91 Å². The normalized spacial score (nSPS) is 21.1. The highest BCUT2D eigenvalue weighted by Gasteiger charge is 2.43. The van der Waals surface area contributed by atoms with Crippen LogP contribution in [0.15, 0.2) is 30.3 Å². The predicted molar refractivity (Wildman–Crippen MR) is 75.0 cm³/mol.